The van der Waals surface area contributed by atoms with Crippen molar-refractivity contribution >= 4 is 11.9 Å². The van der Waals surface area contributed by atoms with Crippen molar-refractivity contribution in [2.24, 2.45) is 0 Å². The van der Waals surface area contributed by atoms with Crippen LogP contribution in [0.25, 0.3) is 0 Å². The zero-order chi connectivity index (χ0) is 11.4. The highest BCUT2D eigenvalue weighted by Gasteiger charge is 2.09. The van der Waals surface area contributed by atoms with Crippen molar-refractivity contribution in [1.29, 1.82) is 0 Å². The zero-order valence-corrected chi connectivity index (χ0v) is 8.99. The van der Waals surface area contributed by atoms with Crippen LogP contribution in [0.5, 0.6) is 0 Å². The van der Waals surface area contributed by atoms with E-state index >= 15 is 0 Å². The molecule has 0 bridgehead atoms. The molecule has 1 aliphatic heterocycles. The van der Waals surface area contributed by atoms with Gasteiger partial charge >= 0.3 is 6.09 Å². The Bertz CT molecular complexity index is 393. The molecule has 0 atom stereocenters. The smallest absolute Gasteiger partial charge is 0.404 e. The van der Waals surface area contributed by atoms with Crippen LogP contribution in [-0.2, 0) is 12.8 Å². The highest BCUT2D eigenvalue weighted by atomic mass is 16.4. The average molecular weight is 221 g/mol. The number of fused-ring (bicyclic) bond motifs is 1. The summed E-state index contributed by atoms with van der Waals surface area (Å²) < 4.78 is 0. The highest BCUT2D eigenvalue weighted by molar-refractivity contribution is 5.64. The number of nitrogens with one attached hydrogen (secondary N) is 2. The lowest BCUT2D eigenvalue weighted by atomic mass is 10.1. The fraction of sp³-hybridized carbons (Fsp3) is 0.455. The molecule has 3 N–H and O–H groups in total. The molecule has 1 aliphatic rings. The average Bonchev–Trinajstić information content (AvgIpc) is 2.28. The first-order valence-electron chi connectivity index (χ1n) is 5.45. The summed E-state index contributed by atoms with van der Waals surface area (Å²) in [6.45, 7) is 1.37. The summed E-state index contributed by atoms with van der Waals surface area (Å²) in [6, 6.07) is 4.04. The van der Waals surface area contributed by atoms with Gasteiger partial charge in [-0.1, -0.05) is 6.07 Å². The molecule has 16 heavy (non-hydrogen) atoms. The summed E-state index contributed by atoms with van der Waals surface area (Å²) in [4.78, 5) is 14.7. The first-order chi connectivity index (χ1) is 7.75. The second kappa shape index (κ2) is 4.83. The maximum absolute atomic E-state index is 10.3. The number of amides is 1. The Balaban J connectivity index is 1.97. The van der Waals surface area contributed by atoms with Crippen LogP contribution in [0.3, 0.4) is 0 Å². The normalized spacial score (nSPS) is 13.8. The lowest BCUT2D eigenvalue weighted by molar-refractivity contribution is 0.194. The van der Waals surface area contributed by atoms with E-state index in [1.165, 1.54) is 5.56 Å². The molecule has 2 rings (SSSR count). The molecule has 5 heteroatoms. The van der Waals surface area contributed by atoms with Gasteiger partial charge in [-0.05, 0) is 24.5 Å². The molecule has 1 amide bonds. The quantitative estimate of drug-likeness (QED) is 0.718. The van der Waals surface area contributed by atoms with Crippen LogP contribution in [0.1, 0.15) is 17.7 Å². The Morgan fingerprint density at radius 2 is 2.44 bits per heavy atom. The summed E-state index contributed by atoms with van der Waals surface area (Å²) in [5.74, 6) is 0.957. The Morgan fingerprint density at radius 3 is 3.25 bits per heavy atom. The Labute approximate surface area is 93.9 Å². The molecule has 0 spiro atoms. The van der Waals surface area contributed by atoms with Gasteiger partial charge < -0.3 is 15.7 Å². The van der Waals surface area contributed by atoms with Crippen molar-refractivity contribution in [3.63, 3.8) is 0 Å². The van der Waals surface area contributed by atoms with Crippen LogP contribution in [0.15, 0.2) is 12.1 Å². The van der Waals surface area contributed by atoms with E-state index in [0.717, 1.165) is 30.9 Å². The number of aryl methyl sites for hydroxylation is 1. The molecule has 0 aromatic carbocycles. The van der Waals surface area contributed by atoms with Crippen molar-refractivity contribution < 1.29 is 9.90 Å². The van der Waals surface area contributed by atoms with Gasteiger partial charge in [-0.15, -0.1) is 0 Å². The predicted molar refractivity (Wildman–Crippen MR) is 60.8 cm³/mol. The molecule has 0 aliphatic carbocycles. The fourth-order valence-corrected chi connectivity index (χ4v) is 1.81. The summed E-state index contributed by atoms with van der Waals surface area (Å²) >= 11 is 0. The maximum Gasteiger partial charge on any atom is 0.404 e. The van der Waals surface area contributed by atoms with Crippen molar-refractivity contribution in [1.82, 2.24) is 10.3 Å². The lowest BCUT2D eigenvalue weighted by Crippen LogP contribution is -2.23. The van der Waals surface area contributed by atoms with E-state index in [9.17, 15) is 4.79 Å². The number of nitrogens with zero attached hydrogens (tertiary/aromatic N) is 1. The zero-order valence-electron chi connectivity index (χ0n) is 8.99. The van der Waals surface area contributed by atoms with Crippen LogP contribution in [0.4, 0.5) is 10.6 Å². The molecular weight excluding hydrogens is 206 g/mol. The summed E-state index contributed by atoms with van der Waals surface area (Å²) in [5, 5.41) is 14.0. The van der Waals surface area contributed by atoms with Gasteiger partial charge in [-0.3, -0.25) is 0 Å². The maximum atomic E-state index is 10.3. The van der Waals surface area contributed by atoms with Gasteiger partial charge in [0.25, 0.3) is 0 Å². The topological polar surface area (TPSA) is 74.2 Å². The van der Waals surface area contributed by atoms with Gasteiger partial charge in [0.1, 0.15) is 5.82 Å². The van der Waals surface area contributed by atoms with Crippen molar-refractivity contribution in [3.8, 4) is 0 Å². The first kappa shape index (κ1) is 10.7. The van der Waals surface area contributed by atoms with Gasteiger partial charge in [0.2, 0.25) is 0 Å². The molecule has 5 nitrogen and oxygen atoms in total. The first-order valence-corrected chi connectivity index (χ1v) is 5.45. The van der Waals surface area contributed by atoms with Gasteiger partial charge in [-0.25, -0.2) is 9.78 Å². The molecule has 0 radical (unpaired) electrons. The van der Waals surface area contributed by atoms with E-state index in [1.807, 2.05) is 6.07 Å². The third-order valence-corrected chi connectivity index (χ3v) is 2.61. The third kappa shape index (κ3) is 2.62. The summed E-state index contributed by atoms with van der Waals surface area (Å²) in [5.41, 5.74) is 2.17. The van der Waals surface area contributed by atoms with Crippen molar-refractivity contribution in [3.05, 3.63) is 23.4 Å². The number of hydrogen-bond donors (Lipinski definition) is 3. The van der Waals surface area contributed by atoms with Crippen LogP contribution >= 0.6 is 0 Å². The molecule has 1 aromatic rings. The highest BCUT2D eigenvalue weighted by Crippen LogP contribution is 2.19. The summed E-state index contributed by atoms with van der Waals surface area (Å²) in [6.07, 6.45) is 1.86. The molecule has 0 saturated heterocycles. The molecule has 0 unspecified atom stereocenters. The largest absolute Gasteiger partial charge is 0.465 e. The van der Waals surface area contributed by atoms with E-state index in [2.05, 4.69) is 21.7 Å². The molecule has 0 saturated carbocycles. The van der Waals surface area contributed by atoms with Crippen LogP contribution in [0.2, 0.25) is 0 Å². The van der Waals surface area contributed by atoms with Crippen LogP contribution < -0.4 is 10.6 Å². The van der Waals surface area contributed by atoms with Crippen LogP contribution in [-0.4, -0.2) is 29.3 Å². The van der Waals surface area contributed by atoms with E-state index in [1.54, 1.807) is 0 Å². The van der Waals surface area contributed by atoms with Gasteiger partial charge in [0.05, 0.1) is 0 Å². The number of pyridine rings is 1. The van der Waals surface area contributed by atoms with E-state index in [-0.39, 0.29) is 0 Å². The van der Waals surface area contributed by atoms with E-state index in [4.69, 9.17) is 5.11 Å². The monoisotopic (exact) mass is 221 g/mol. The number of hydrogen-bond acceptors (Lipinski definition) is 3. The minimum atomic E-state index is -0.990. The summed E-state index contributed by atoms with van der Waals surface area (Å²) in [7, 11) is 0. The minimum Gasteiger partial charge on any atom is -0.465 e. The number of carbonyl (C=O) groups is 1. The number of aromatic nitrogens is 1. The third-order valence-electron chi connectivity index (χ3n) is 2.61. The SMILES string of the molecule is O=C(O)NCCc1ccc2c(n1)NCCC2. The van der Waals surface area contributed by atoms with Crippen molar-refractivity contribution in [2.75, 3.05) is 18.4 Å². The number of carboxylic acid groups (broad SMARTS) is 1. The minimum absolute atomic E-state index is 0.404. The van der Waals surface area contributed by atoms with Gasteiger partial charge in [0.15, 0.2) is 0 Å². The Kier molecular flexibility index (Phi) is 3.24. The molecule has 1 aromatic heterocycles. The standard InChI is InChI=1S/C11H15N3O2/c15-11(16)13-7-5-9-4-3-8-2-1-6-12-10(8)14-9/h3-4,13H,1-2,5-7H2,(H,12,14)(H,15,16). The molecular formula is C11H15N3O2. The number of anilines is 1. The lowest BCUT2D eigenvalue weighted by Gasteiger charge is -2.17. The molecule has 0 fully saturated rings. The fourth-order valence-electron chi connectivity index (χ4n) is 1.81. The molecule has 2 heterocycles. The predicted octanol–water partition coefficient (Wildman–Crippen LogP) is 1.25. The molecule has 86 valence electrons. The Morgan fingerprint density at radius 1 is 1.56 bits per heavy atom. The van der Waals surface area contributed by atoms with E-state index < -0.39 is 6.09 Å². The Hall–Kier alpha value is -1.78. The van der Waals surface area contributed by atoms with Gasteiger partial charge in [-0.2, -0.15) is 0 Å². The second-order valence-corrected chi connectivity index (χ2v) is 3.82. The number of rotatable bonds is 3. The van der Waals surface area contributed by atoms with Crippen molar-refractivity contribution in [2.45, 2.75) is 19.3 Å². The van der Waals surface area contributed by atoms with Crippen LogP contribution in [0, 0.1) is 0 Å². The second-order valence-electron chi connectivity index (χ2n) is 3.82. The van der Waals surface area contributed by atoms with Gasteiger partial charge in [0, 0.05) is 25.2 Å². The van der Waals surface area contributed by atoms with E-state index in [0.29, 0.717) is 13.0 Å².